The molecular formula is C15H10ClFN2O3. The van der Waals surface area contributed by atoms with Gasteiger partial charge in [-0.05, 0) is 30.3 Å². The summed E-state index contributed by atoms with van der Waals surface area (Å²) in [6.07, 6.45) is -1.40. The first-order chi connectivity index (χ1) is 10.5. The lowest BCUT2D eigenvalue weighted by molar-refractivity contribution is -0.133. The van der Waals surface area contributed by atoms with E-state index in [1.807, 2.05) is 0 Å². The van der Waals surface area contributed by atoms with Crippen molar-refractivity contribution in [3.63, 3.8) is 0 Å². The number of rotatable bonds is 2. The molecule has 2 N–H and O–H groups in total. The molecule has 7 heteroatoms. The number of nitrogens with one attached hydrogen (secondary N) is 2. The van der Waals surface area contributed by atoms with E-state index in [2.05, 4.69) is 10.6 Å². The number of anilines is 2. The molecule has 1 aliphatic rings. The highest BCUT2D eigenvalue weighted by Gasteiger charge is 2.34. The number of halogens is 2. The highest BCUT2D eigenvalue weighted by atomic mass is 35.5. The number of carbonyl (C=O) groups is 2. The van der Waals surface area contributed by atoms with Gasteiger partial charge in [-0.25, -0.2) is 4.39 Å². The zero-order valence-corrected chi connectivity index (χ0v) is 11.9. The number of fused-ring (bicyclic) bond motifs is 1. The molecule has 0 aromatic heterocycles. The Morgan fingerprint density at radius 3 is 2.82 bits per heavy atom. The number of hydrogen-bond donors (Lipinski definition) is 2. The second-order valence-electron chi connectivity index (χ2n) is 4.60. The molecule has 1 atom stereocenters. The van der Waals surface area contributed by atoms with Gasteiger partial charge in [-0.1, -0.05) is 23.7 Å². The summed E-state index contributed by atoms with van der Waals surface area (Å²) in [6, 6.07) is 10.5. The predicted molar refractivity (Wildman–Crippen MR) is 79.5 cm³/mol. The van der Waals surface area contributed by atoms with Crippen LogP contribution in [0.25, 0.3) is 0 Å². The second-order valence-corrected chi connectivity index (χ2v) is 5.03. The van der Waals surface area contributed by atoms with Gasteiger partial charge in [-0.15, -0.1) is 0 Å². The molecule has 1 heterocycles. The van der Waals surface area contributed by atoms with Crippen LogP contribution in [-0.2, 0) is 9.59 Å². The standard InChI is InChI=1S/C15H10ClFN2O3/c16-8-5-6-10(9(17)7-8)18-14(20)13-15(21)19-11-3-1-2-4-12(11)22-13/h1-7,13H,(H,18,20)(H,19,21)/t13-/m0/s1. The van der Waals surface area contributed by atoms with E-state index >= 15 is 0 Å². The maximum atomic E-state index is 13.7. The Morgan fingerprint density at radius 1 is 1.27 bits per heavy atom. The molecule has 0 aliphatic carbocycles. The molecule has 2 aromatic rings. The number of amides is 2. The molecule has 22 heavy (non-hydrogen) atoms. The SMILES string of the molecule is O=C(Nc1ccc(Cl)cc1F)[C@@H]1Oc2ccccc2NC1=O. The van der Waals surface area contributed by atoms with E-state index in [1.165, 1.54) is 12.1 Å². The first kappa shape index (κ1) is 14.3. The lowest BCUT2D eigenvalue weighted by Crippen LogP contribution is -2.45. The second kappa shape index (κ2) is 5.65. The summed E-state index contributed by atoms with van der Waals surface area (Å²) in [5.74, 6) is -1.71. The molecule has 0 radical (unpaired) electrons. The summed E-state index contributed by atoms with van der Waals surface area (Å²) in [5, 5.41) is 5.08. The van der Waals surface area contributed by atoms with Crippen molar-refractivity contribution in [2.75, 3.05) is 10.6 Å². The Kier molecular flexibility index (Phi) is 3.68. The van der Waals surface area contributed by atoms with Crippen molar-refractivity contribution in [3.05, 3.63) is 53.3 Å². The van der Waals surface area contributed by atoms with E-state index in [9.17, 15) is 14.0 Å². The Bertz CT molecular complexity index is 766. The van der Waals surface area contributed by atoms with Gasteiger partial charge in [0.2, 0.25) is 0 Å². The maximum absolute atomic E-state index is 13.7. The quantitative estimate of drug-likeness (QED) is 0.836. The summed E-state index contributed by atoms with van der Waals surface area (Å²) >= 11 is 5.64. The van der Waals surface area contributed by atoms with Crippen LogP contribution in [0.2, 0.25) is 5.02 Å². The molecule has 0 spiro atoms. The smallest absolute Gasteiger partial charge is 0.275 e. The number of para-hydroxylation sites is 2. The molecule has 0 unspecified atom stereocenters. The van der Waals surface area contributed by atoms with E-state index in [4.69, 9.17) is 16.3 Å². The van der Waals surface area contributed by atoms with E-state index in [-0.39, 0.29) is 10.7 Å². The monoisotopic (exact) mass is 320 g/mol. The summed E-state index contributed by atoms with van der Waals surface area (Å²) in [4.78, 5) is 24.0. The molecule has 2 aromatic carbocycles. The molecule has 0 saturated heterocycles. The predicted octanol–water partition coefficient (Wildman–Crippen LogP) is 2.82. The van der Waals surface area contributed by atoms with Gasteiger partial charge in [0.05, 0.1) is 11.4 Å². The maximum Gasteiger partial charge on any atom is 0.275 e. The number of ether oxygens (including phenoxy) is 1. The molecule has 0 fully saturated rings. The zero-order chi connectivity index (χ0) is 15.7. The lowest BCUT2D eigenvalue weighted by Gasteiger charge is -2.24. The van der Waals surface area contributed by atoms with E-state index in [0.717, 1.165) is 6.07 Å². The van der Waals surface area contributed by atoms with Crippen LogP contribution in [0.1, 0.15) is 0 Å². The van der Waals surface area contributed by atoms with Gasteiger partial charge in [0.25, 0.3) is 17.9 Å². The Balaban J connectivity index is 1.79. The van der Waals surface area contributed by atoms with Gasteiger partial charge in [-0.2, -0.15) is 0 Å². The minimum absolute atomic E-state index is 0.0790. The summed E-state index contributed by atoms with van der Waals surface area (Å²) < 4.78 is 19.0. The fraction of sp³-hybridized carbons (Fsp3) is 0.0667. The summed E-state index contributed by atoms with van der Waals surface area (Å²) in [7, 11) is 0. The fourth-order valence-electron chi connectivity index (χ4n) is 2.01. The number of carbonyl (C=O) groups excluding carboxylic acids is 2. The van der Waals surface area contributed by atoms with Crippen molar-refractivity contribution >= 4 is 34.8 Å². The topological polar surface area (TPSA) is 67.4 Å². The molecule has 112 valence electrons. The lowest BCUT2D eigenvalue weighted by atomic mass is 10.2. The molecule has 1 aliphatic heterocycles. The van der Waals surface area contributed by atoms with Crippen molar-refractivity contribution < 1.29 is 18.7 Å². The fourth-order valence-corrected chi connectivity index (χ4v) is 2.17. The average Bonchev–Trinajstić information content (AvgIpc) is 2.49. The van der Waals surface area contributed by atoms with Crippen molar-refractivity contribution in [3.8, 4) is 5.75 Å². The minimum Gasteiger partial charge on any atom is -0.468 e. The molecule has 0 saturated carbocycles. The normalized spacial score (nSPS) is 16.3. The van der Waals surface area contributed by atoms with Gasteiger partial charge in [0.1, 0.15) is 11.6 Å². The number of benzene rings is 2. The first-order valence-corrected chi connectivity index (χ1v) is 6.75. The third-order valence-corrected chi connectivity index (χ3v) is 3.29. The van der Waals surface area contributed by atoms with Gasteiger partial charge in [-0.3, -0.25) is 9.59 Å². The van der Waals surface area contributed by atoms with E-state index in [1.54, 1.807) is 24.3 Å². The van der Waals surface area contributed by atoms with Gasteiger partial charge < -0.3 is 15.4 Å². The van der Waals surface area contributed by atoms with Crippen molar-refractivity contribution in [2.45, 2.75) is 6.10 Å². The molecular weight excluding hydrogens is 311 g/mol. The van der Waals surface area contributed by atoms with Crippen LogP contribution in [0.5, 0.6) is 5.75 Å². The Labute approximate surface area is 130 Å². The van der Waals surface area contributed by atoms with Crippen LogP contribution < -0.4 is 15.4 Å². The summed E-state index contributed by atoms with van der Waals surface area (Å²) in [5.41, 5.74) is 0.402. The molecule has 0 bridgehead atoms. The van der Waals surface area contributed by atoms with Gasteiger partial charge in [0, 0.05) is 5.02 Å². The van der Waals surface area contributed by atoms with Crippen LogP contribution in [0.15, 0.2) is 42.5 Å². The van der Waals surface area contributed by atoms with E-state index < -0.39 is 23.7 Å². The number of hydrogen-bond acceptors (Lipinski definition) is 3. The highest BCUT2D eigenvalue weighted by molar-refractivity contribution is 6.30. The molecule has 3 rings (SSSR count). The van der Waals surface area contributed by atoms with Crippen LogP contribution in [0.4, 0.5) is 15.8 Å². The zero-order valence-electron chi connectivity index (χ0n) is 11.1. The van der Waals surface area contributed by atoms with Crippen LogP contribution in [0.3, 0.4) is 0 Å². The minimum atomic E-state index is -1.40. The van der Waals surface area contributed by atoms with Crippen LogP contribution in [0, 0.1) is 5.82 Å². The Morgan fingerprint density at radius 2 is 2.05 bits per heavy atom. The van der Waals surface area contributed by atoms with Crippen molar-refractivity contribution in [1.29, 1.82) is 0 Å². The van der Waals surface area contributed by atoms with Gasteiger partial charge in [0.15, 0.2) is 0 Å². The molecule has 5 nitrogen and oxygen atoms in total. The van der Waals surface area contributed by atoms with Gasteiger partial charge >= 0.3 is 0 Å². The van der Waals surface area contributed by atoms with E-state index in [0.29, 0.717) is 11.4 Å². The highest BCUT2D eigenvalue weighted by Crippen LogP contribution is 2.29. The summed E-state index contributed by atoms with van der Waals surface area (Å²) in [6.45, 7) is 0. The van der Waals surface area contributed by atoms with Crippen LogP contribution in [-0.4, -0.2) is 17.9 Å². The average molecular weight is 321 g/mol. The Hall–Kier alpha value is -2.60. The van der Waals surface area contributed by atoms with Crippen molar-refractivity contribution in [1.82, 2.24) is 0 Å². The van der Waals surface area contributed by atoms with Crippen LogP contribution >= 0.6 is 11.6 Å². The third kappa shape index (κ3) is 2.73. The molecule has 2 amide bonds. The van der Waals surface area contributed by atoms with Crippen molar-refractivity contribution in [2.24, 2.45) is 0 Å². The largest absolute Gasteiger partial charge is 0.468 e. The third-order valence-electron chi connectivity index (χ3n) is 3.06. The first-order valence-electron chi connectivity index (χ1n) is 6.37.